The minimum atomic E-state index is -0.395. The van der Waals surface area contributed by atoms with Gasteiger partial charge in [-0.05, 0) is 39.0 Å². The van der Waals surface area contributed by atoms with Gasteiger partial charge in [0.05, 0.1) is 7.11 Å². The van der Waals surface area contributed by atoms with E-state index >= 15 is 0 Å². The molecule has 0 aliphatic heterocycles. The van der Waals surface area contributed by atoms with Crippen LogP contribution in [0, 0.1) is 5.92 Å². The van der Waals surface area contributed by atoms with Crippen LogP contribution in [0.1, 0.15) is 52.4 Å². The van der Waals surface area contributed by atoms with Crippen LogP contribution in [0.2, 0.25) is 0 Å². The molecule has 5 heteroatoms. The van der Waals surface area contributed by atoms with Crippen molar-refractivity contribution in [2.75, 3.05) is 7.11 Å². The molecule has 0 aromatic carbocycles. The number of nitrogens with two attached hydrogens (primary N) is 1. The molecular formula is C14H26N2O3. The summed E-state index contributed by atoms with van der Waals surface area (Å²) in [5.74, 6) is 0.0776. The fraction of sp³-hybridized carbons (Fsp3) is 0.857. The molecule has 1 rings (SSSR count). The molecule has 1 saturated carbocycles. The van der Waals surface area contributed by atoms with Crippen molar-refractivity contribution in [3.05, 3.63) is 0 Å². The monoisotopic (exact) mass is 270 g/mol. The van der Waals surface area contributed by atoms with Crippen molar-refractivity contribution in [3.8, 4) is 0 Å². The number of carbonyl (C=O) groups excluding carboxylic acids is 2. The Morgan fingerprint density at radius 2 is 2.05 bits per heavy atom. The highest BCUT2D eigenvalue weighted by Crippen LogP contribution is 2.27. The van der Waals surface area contributed by atoms with Crippen molar-refractivity contribution >= 4 is 11.9 Å². The number of rotatable bonds is 6. The molecule has 3 N–H and O–H groups in total. The highest BCUT2D eigenvalue weighted by atomic mass is 16.5. The molecule has 0 heterocycles. The van der Waals surface area contributed by atoms with E-state index in [0.717, 1.165) is 19.3 Å². The Kier molecular flexibility index (Phi) is 5.79. The zero-order valence-corrected chi connectivity index (χ0v) is 12.2. The number of ether oxygens (including phenoxy) is 1. The van der Waals surface area contributed by atoms with Crippen molar-refractivity contribution in [1.29, 1.82) is 0 Å². The minimum absolute atomic E-state index is 0.0252. The number of amides is 1. The first kappa shape index (κ1) is 16.0. The Morgan fingerprint density at radius 3 is 2.58 bits per heavy atom. The van der Waals surface area contributed by atoms with Gasteiger partial charge in [-0.25, -0.2) is 0 Å². The molecule has 19 heavy (non-hydrogen) atoms. The van der Waals surface area contributed by atoms with E-state index in [1.165, 1.54) is 7.11 Å². The maximum Gasteiger partial charge on any atom is 0.305 e. The summed E-state index contributed by atoms with van der Waals surface area (Å²) in [5.41, 5.74) is 5.57. The number of esters is 1. The van der Waals surface area contributed by atoms with E-state index in [1.54, 1.807) is 0 Å². The van der Waals surface area contributed by atoms with Crippen molar-refractivity contribution < 1.29 is 14.3 Å². The average molecular weight is 270 g/mol. The fourth-order valence-electron chi connectivity index (χ4n) is 2.56. The van der Waals surface area contributed by atoms with E-state index in [9.17, 15) is 9.59 Å². The van der Waals surface area contributed by atoms with Gasteiger partial charge in [0.1, 0.15) is 0 Å². The second-order valence-electron chi connectivity index (χ2n) is 6.07. The quantitative estimate of drug-likeness (QED) is 0.714. The summed E-state index contributed by atoms with van der Waals surface area (Å²) in [6.45, 7) is 3.84. The third-order valence-corrected chi connectivity index (χ3v) is 3.83. The SMILES string of the molecule is COC(=O)CCC(C)(C)NC(=O)C[C@@H]1CCC[C@H]1N. The predicted molar refractivity (Wildman–Crippen MR) is 73.4 cm³/mol. The van der Waals surface area contributed by atoms with Crippen LogP contribution in [0.25, 0.3) is 0 Å². The van der Waals surface area contributed by atoms with E-state index in [4.69, 9.17) is 5.73 Å². The molecule has 0 aromatic heterocycles. The first-order valence-corrected chi connectivity index (χ1v) is 6.97. The van der Waals surface area contributed by atoms with Crippen LogP contribution >= 0.6 is 0 Å². The lowest BCUT2D eigenvalue weighted by atomic mass is 9.95. The third-order valence-electron chi connectivity index (χ3n) is 3.83. The van der Waals surface area contributed by atoms with Crippen LogP contribution in [0.5, 0.6) is 0 Å². The van der Waals surface area contributed by atoms with Gasteiger partial charge in [0.2, 0.25) is 5.91 Å². The number of nitrogens with one attached hydrogen (secondary N) is 1. The Hall–Kier alpha value is -1.10. The molecule has 0 spiro atoms. The molecule has 0 unspecified atom stereocenters. The molecule has 0 saturated heterocycles. The molecule has 1 fully saturated rings. The number of methoxy groups -OCH3 is 1. The standard InChI is InChI=1S/C14H26N2O3/c1-14(2,8-7-13(18)19-3)16-12(17)9-10-5-4-6-11(10)15/h10-11H,4-9,15H2,1-3H3,(H,16,17)/t10-,11+/m0/s1. The molecular weight excluding hydrogens is 244 g/mol. The van der Waals surface area contributed by atoms with Crippen molar-refractivity contribution in [2.24, 2.45) is 11.7 Å². The Bertz CT molecular complexity index is 329. The molecule has 2 atom stereocenters. The first-order chi connectivity index (χ1) is 8.84. The van der Waals surface area contributed by atoms with Gasteiger partial charge >= 0.3 is 5.97 Å². The molecule has 1 aliphatic rings. The van der Waals surface area contributed by atoms with Crippen molar-refractivity contribution in [1.82, 2.24) is 5.32 Å². The molecule has 0 bridgehead atoms. The average Bonchev–Trinajstić information content (AvgIpc) is 2.71. The summed E-state index contributed by atoms with van der Waals surface area (Å²) in [6, 6.07) is 0.156. The molecule has 1 amide bonds. The maximum absolute atomic E-state index is 12.0. The Labute approximate surface area is 115 Å². The number of hydrogen-bond donors (Lipinski definition) is 2. The van der Waals surface area contributed by atoms with Gasteiger partial charge < -0.3 is 15.8 Å². The molecule has 0 aromatic rings. The first-order valence-electron chi connectivity index (χ1n) is 6.97. The summed E-state index contributed by atoms with van der Waals surface area (Å²) in [6.07, 6.45) is 4.55. The normalized spacial score (nSPS) is 23.2. The summed E-state index contributed by atoms with van der Waals surface area (Å²) in [5, 5.41) is 2.98. The van der Waals surface area contributed by atoms with E-state index in [0.29, 0.717) is 25.2 Å². The van der Waals surface area contributed by atoms with Gasteiger partial charge in [-0.3, -0.25) is 9.59 Å². The van der Waals surface area contributed by atoms with Gasteiger partial charge in [0, 0.05) is 24.4 Å². The Morgan fingerprint density at radius 1 is 1.37 bits per heavy atom. The number of carbonyl (C=O) groups is 2. The second kappa shape index (κ2) is 6.89. The number of hydrogen-bond acceptors (Lipinski definition) is 4. The van der Waals surface area contributed by atoms with E-state index < -0.39 is 5.54 Å². The van der Waals surface area contributed by atoms with E-state index in [1.807, 2.05) is 13.8 Å². The van der Waals surface area contributed by atoms with Gasteiger partial charge in [-0.15, -0.1) is 0 Å². The summed E-state index contributed by atoms with van der Waals surface area (Å²) < 4.78 is 4.60. The highest BCUT2D eigenvalue weighted by Gasteiger charge is 2.28. The lowest BCUT2D eigenvalue weighted by Gasteiger charge is -2.27. The third kappa shape index (κ3) is 5.59. The molecule has 5 nitrogen and oxygen atoms in total. The predicted octanol–water partition coefficient (Wildman–Crippen LogP) is 1.35. The van der Waals surface area contributed by atoms with Gasteiger partial charge in [0.15, 0.2) is 0 Å². The summed E-state index contributed by atoms with van der Waals surface area (Å²) in [7, 11) is 1.37. The molecule has 1 aliphatic carbocycles. The largest absolute Gasteiger partial charge is 0.469 e. The maximum atomic E-state index is 12.0. The van der Waals surface area contributed by atoms with E-state index in [-0.39, 0.29) is 17.9 Å². The van der Waals surface area contributed by atoms with Crippen molar-refractivity contribution in [3.63, 3.8) is 0 Å². The van der Waals surface area contributed by atoms with Gasteiger partial charge in [-0.2, -0.15) is 0 Å². The van der Waals surface area contributed by atoms with Crippen LogP contribution in [0.15, 0.2) is 0 Å². The van der Waals surface area contributed by atoms with Gasteiger partial charge in [0.25, 0.3) is 0 Å². The van der Waals surface area contributed by atoms with Crippen LogP contribution in [0.3, 0.4) is 0 Å². The second-order valence-corrected chi connectivity index (χ2v) is 6.07. The smallest absolute Gasteiger partial charge is 0.305 e. The zero-order valence-electron chi connectivity index (χ0n) is 12.2. The van der Waals surface area contributed by atoms with Gasteiger partial charge in [-0.1, -0.05) is 6.42 Å². The van der Waals surface area contributed by atoms with Crippen LogP contribution in [-0.4, -0.2) is 30.6 Å². The molecule has 110 valence electrons. The van der Waals surface area contributed by atoms with Crippen molar-refractivity contribution in [2.45, 2.75) is 64.0 Å². The Balaban J connectivity index is 2.35. The van der Waals surface area contributed by atoms with Crippen LogP contribution in [-0.2, 0) is 14.3 Å². The molecule has 0 radical (unpaired) electrons. The lowest BCUT2D eigenvalue weighted by molar-refractivity contribution is -0.141. The summed E-state index contributed by atoms with van der Waals surface area (Å²) >= 11 is 0. The highest BCUT2D eigenvalue weighted by molar-refractivity contribution is 5.77. The van der Waals surface area contributed by atoms with E-state index in [2.05, 4.69) is 10.1 Å². The van der Waals surface area contributed by atoms with Crippen LogP contribution in [0.4, 0.5) is 0 Å². The fourth-order valence-corrected chi connectivity index (χ4v) is 2.56. The topological polar surface area (TPSA) is 81.4 Å². The van der Waals surface area contributed by atoms with Crippen LogP contribution < -0.4 is 11.1 Å². The summed E-state index contributed by atoms with van der Waals surface area (Å²) in [4.78, 5) is 23.1. The lowest BCUT2D eigenvalue weighted by Crippen LogP contribution is -2.45. The minimum Gasteiger partial charge on any atom is -0.469 e. The zero-order chi connectivity index (χ0) is 14.5.